The third-order valence-electron chi connectivity index (χ3n) is 2.75. The van der Waals surface area contributed by atoms with Crippen LogP contribution in [0.1, 0.15) is 18.9 Å². The van der Waals surface area contributed by atoms with E-state index < -0.39 is 6.03 Å². The Morgan fingerprint density at radius 3 is 3.05 bits per heavy atom. The smallest absolute Gasteiger partial charge is 0.321 e. The molecule has 1 aromatic rings. The van der Waals surface area contributed by atoms with Crippen molar-refractivity contribution in [2.45, 2.75) is 24.0 Å². The van der Waals surface area contributed by atoms with Gasteiger partial charge in [0.05, 0.1) is 12.4 Å². The van der Waals surface area contributed by atoms with Gasteiger partial charge in [0.15, 0.2) is 5.16 Å². The number of methoxy groups -OCH3 is 1. The van der Waals surface area contributed by atoms with Crippen LogP contribution in [0.25, 0.3) is 0 Å². The third-order valence-corrected chi connectivity index (χ3v) is 3.73. The first-order valence-corrected chi connectivity index (χ1v) is 7.41. The first kappa shape index (κ1) is 14.9. The Balaban J connectivity index is 1.69. The zero-order chi connectivity index (χ0) is 14.4. The predicted molar refractivity (Wildman–Crippen MR) is 74.6 cm³/mol. The van der Waals surface area contributed by atoms with E-state index in [9.17, 15) is 9.59 Å². The van der Waals surface area contributed by atoms with Crippen LogP contribution in [-0.4, -0.2) is 47.5 Å². The molecule has 2 N–H and O–H groups in total. The Labute approximate surface area is 121 Å². The standard InChI is InChI=1S/C12H18N4O3S/c1-19-7-5-13-11(18)15-10(17)8-20-12-14-4-6-16(12)9-2-3-9/h4,6,9H,2-3,5,7-8H2,1H3,(H2,13,15,17,18). The van der Waals surface area contributed by atoms with Gasteiger partial charge in [-0.1, -0.05) is 11.8 Å². The Morgan fingerprint density at radius 1 is 1.55 bits per heavy atom. The summed E-state index contributed by atoms with van der Waals surface area (Å²) in [6, 6.07) is 0.0265. The number of nitrogens with one attached hydrogen (secondary N) is 2. The highest BCUT2D eigenvalue weighted by Crippen LogP contribution is 2.37. The fourth-order valence-corrected chi connectivity index (χ4v) is 2.47. The highest BCUT2D eigenvalue weighted by molar-refractivity contribution is 7.99. The second-order valence-corrected chi connectivity index (χ2v) is 5.38. The van der Waals surface area contributed by atoms with Crippen molar-refractivity contribution in [3.63, 3.8) is 0 Å². The molecule has 1 heterocycles. The van der Waals surface area contributed by atoms with Crippen molar-refractivity contribution in [2.75, 3.05) is 26.0 Å². The lowest BCUT2D eigenvalue weighted by Crippen LogP contribution is -2.41. The molecule has 0 aliphatic heterocycles. The summed E-state index contributed by atoms with van der Waals surface area (Å²) in [5, 5.41) is 5.61. The lowest BCUT2D eigenvalue weighted by Gasteiger charge is -2.07. The van der Waals surface area contributed by atoms with Crippen LogP contribution < -0.4 is 10.6 Å². The van der Waals surface area contributed by atoms with Gasteiger partial charge in [-0.05, 0) is 12.8 Å². The van der Waals surface area contributed by atoms with E-state index in [-0.39, 0.29) is 11.7 Å². The number of amides is 3. The quantitative estimate of drug-likeness (QED) is 0.574. The van der Waals surface area contributed by atoms with Gasteiger partial charge in [-0.15, -0.1) is 0 Å². The molecule has 110 valence electrons. The molecular formula is C12H18N4O3S. The molecule has 1 aliphatic carbocycles. The maximum absolute atomic E-state index is 11.6. The molecule has 0 saturated heterocycles. The van der Waals surface area contributed by atoms with E-state index in [1.54, 1.807) is 13.3 Å². The molecule has 3 amide bonds. The minimum absolute atomic E-state index is 0.168. The van der Waals surface area contributed by atoms with Gasteiger partial charge in [-0.3, -0.25) is 10.1 Å². The van der Waals surface area contributed by atoms with E-state index in [1.807, 2.05) is 6.20 Å². The molecule has 0 spiro atoms. The molecule has 0 unspecified atom stereocenters. The molecule has 1 saturated carbocycles. The zero-order valence-corrected chi connectivity index (χ0v) is 12.1. The highest BCUT2D eigenvalue weighted by Gasteiger charge is 2.25. The van der Waals surface area contributed by atoms with E-state index in [0.29, 0.717) is 19.2 Å². The average Bonchev–Trinajstić information content (AvgIpc) is 3.15. The highest BCUT2D eigenvalue weighted by atomic mass is 32.2. The number of carbonyl (C=O) groups is 2. The van der Waals surface area contributed by atoms with Crippen LogP contribution >= 0.6 is 11.8 Å². The van der Waals surface area contributed by atoms with Crippen LogP contribution in [0.3, 0.4) is 0 Å². The third kappa shape index (κ3) is 4.53. The average molecular weight is 298 g/mol. The van der Waals surface area contributed by atoms with E-state index in [4.69, 9.17) is 4.74 Å². The van der Waals surface area contributed by atoms with Crippen molar-refractivity contribution < 1.29 is 14.3 Å². The van der Waals surface area contributed by atoms with Crippen LogP contribution in [0.15, 0.2) is 17.6 Å². The Bertz CT molecular complexity index is 473. The van der Waals surface area contributed by atoms with Crippen LogP contribution in [-0.2, 0) is 9.53 Å². The molecule has 0 radical (unpaired) electrons. The van der Waals surface area contributed by atoms with Crippen molar-refractivity contribution in [3.05, 3.63) is 12.4 Å². The number of imide groups is 1. The molecule has 0 atom stereocenters. The van der Waals surface area contributed by atoms with Gasteiger partial charge in [0.1, 0.15) is 0 Å². The molecule has 20 heavy (non-hydrogen) atoms. The molecule has 2 rings (SSSR count). The molecule has 1 aromatic heterocycles. The minimum atomic E-state index is -0.502. The lowest BCUT2D eigenvalue weighted by atomic mass is 10.6. The van der Waals surface area contributed by atoms with Crippen LogP contribution in [0.5, 0.6) is 0 Å². The summed E-state index contributed by atoms with van der Waals surface area (Å²) in [4.78, 5) is 27.2. The molecule has 0 aromatic carbocycles. The number of ether oxygens (including phenoxy) is 1. The maximum atomic E-state index is 11.6. The summed E-state index contributed by atoms with van der Waals surface area (Å²) in [6.45, 7) is 0.782. The van der Waals surface area contributed by atoms with Gasteiger partial charge in [0, 0.05) is 32.1 Å². The largest absolute Gasteiger partial charge is 0.383 e. The number of imidazole rings is 1. The summed E-state index contributed by atoms with van der Waals surface area (Å²) in [7, 11) is 1.54. The number of rotatable bonds is 7. The van der Waals surface area contributed by atoms with Crippen molar-refractivity contribution in [3.8, 4) is 0 Å². The van der Waals surface area contributed by atoms with Crippen molar-refractivity contribution in [2.24, 2.45) is 0 Å². The first-order chi connectivity index (χ1) is 9.70. The summed E-state index contributed by atoms with van der Waals surface area (Å²) in [5.41, 5.74) is 0. The van der Waals surface area contributed by atoms with Gasteiger partial charge < -0.3 is 14.6 Å². The normalized spacial score (nSPS) is 14.1. The minimum Gasteiger partial charge on any atom is -0.383 e. The second-order valence-electron chi connectivity index (χ2n) is 4.43. The Hall–Kier alpha value is -1.54. The number of nitrogens with zero attached hydrogens (tertiary/aromatic N) is 2. The molecule has 0 bridgehead atoms. The molecule has 7 nitrogen and oxygen atoms in total. The van der Waals surface area contributed by atoms with Crippen LogP contribution in [0, 0.1) is 0 Å². The van der Waals surface area contributed by atoms with Crippen molar-refractivity contribution >= 4 is 23.7 Å². The van der Waals surface area contributed by atoms with E-state index in [2.05, 4.69) is 20.2 Å². The molecule has 1 fully saturated rings. The van der Waals surface area contributed by atoms with Gasteiger partial charge in [0.2, 0.25) is 5.91 Å². The Morgan fingerprint density at radius 2 is 2.35 bits per heavy atom. The van der Waals surface area contributed by atoms with E-state index >= 15 is 0 Å². The zero-order valence-electron chi connectivity index (χ0n) is 11.3. The number of thioether (sulfide) groups is 1. The monoisotopic (exact) mass is 298 g/mol. The summed E-state index contributed by atoms with van der Waals surface area (Å²) in [5.74, 6) is -0.170. The number of carbonyl (C=O) groups excluding carboxylic acids is 2. The fourth-order valence-electron chi connectivity index (χ4n) is 1.65. The number of aromatic nitrogens is 2. The SMILES string of the molecule is COCCNC(=O)NC(=O)CSc1nccn1C1CC1. The number of urea groups is 1. The van der Waals surface area contributed by atoms with Gasteiger partial charge in [0.25, 0.3) is 0 Å². The van der Waals surface area contributed by atoms with Gasteiger partial charge in [-0.25, -0.2) is 9.78 Å². The van der Waals surface area contributed by atoms with Crippen molar-refractivity contribution in [1.82, 2.24) is 20.2 Å². The fraction of sp³-hybridized carbons (Fsp3) is 0.583. The second kappa shape index (κ2) is 7.30. The van der Waals surface area contributed by atoms with Gasteiger partial charge in [-0.2, -0.15) is 0 Å². The van der Waals surface area contributed by atoms with E-state index in [0.717, 1.165) is 18.0 Å². The maximum Gasteiger partial charge on any atom is 0.321 e. The Kier molecular flexibility index (Phi) is 5.42. The number of hydrogen-bond donors (Lipinski definition) is 2. The summed E-state index contributed by atoms with van der Waals surface area (Å²) in [6.07, 6.45) is 5.99. The predicted octanol–water partition coefficient (Wildman–Crippen LogP) is 0.782. The molecule has 1 aliphatic rings. The summed E-state index contributed by atoms with van der Waals surface area (Å²) < 4.78 is 6.87. The van der Waals surface area contributed by atoms with Crippen LogP contribution in [0.2, 0.25) is 0 Å². The van der Waals surface area contributed by atoms with Crippen molar-refractivity contribution in [1.29, 1.82) is 0 Å². The van der Waals surface area contributed by atoms with E-state index in [1.165, 1.54) is 11.8 Å². The number of hydrogen-bond acceptors (Lipinski definition) is 5. The lowest BCUT2D eigenvalue weighted by molar-refractivity contribution is -0.117. The first-order valence-electron chi connectivity index (χ1n) is 6.43. The molecule has 8 heteroatoms. The topological polar surface area (TPSA) is 85.2 Å². The van der Waals surface area contributed by atoms with Crippen LogP contribution in [0.4, 0.5) is 4.79 Å². The molecular weight excluding hydrogens is 280 g/mol. The van der Waals surface area contributed by atoms with Gasteiger partial charge >= 0.3 is 6.03 Å². The summed E-state index contributed by atoms with van der Waals surface area (Å²) >= 11 is 1.34.